The van der Waals surface area contributed by atoms with Crippen LogP contribution in [0.1, 0.15) is 37.0 Å². The third kappa shape index (κ3) is 3.98. The molecule has 1 fully saturated rings. The Morgan fingerprint density at radius 3 is 2.52 bits per heavy atom. The van der Waals surface area contributed by atoms with Gasteiger partial charge in [0.2, 0.25) is 0 Å². The van der Waals surface area contributed by atoms with Gasteiger partial charge in [0.15, 0.2) is 17.3 Å². The highest BCUT2D eigenvalue weighted by Gasteiger charge is 2.25. The van der Waals surface area contributed by atoms with Crippen molar-refractivity contribution >= 4 is 21.7 Å². The van der Waals surface area contributed by atoms with Gasteiger partial charge in [-0.3, -0.25) is 4.79 Å². The largest absolute Gasteiger partial charge is 0.490 e. The van der Waals surface area contributed by atoms with E-state index in [0.717, 1.165) is 30.4 Å². The Morgan fingerprint density at radius 1 is 1.29 bits per heavy atom. The lowest BCUT2D eigenvalue weighted by Gasteiger charge is -2.22. The van der Waals surface area contributed by atoms with E-state index in [-0.39, 0.29) is 11.7 Å². The fraction of sp³-hybridized carbons (Fsp3) is 0.562. The van der Waals surface area contributed by atoms with Crippen LogP contribution in [-0.2, 0) is 0 Å². The highest BCUT2D eigenvalue weighted by atomic mass is 79.9. The molecule has 0 spiro atoms. The predicted molar refractivity (Wildman–Crippen MR) is 86.4 cm³/mol. The van der Waals surface area contributed by atoms with Crippen LogP contribution in [0.2, 0.25) is 0 Å². The number of halogens is 1. The number of ketones is 1. The van der Waals surface area contributed by atoms with Crippen LogP contribution in [0.5, 0.6) is 11.5 Å². The van der Waals surface area contributed by atoms with Crippen LogP contribution in [0.25, 0.3) is 0 Å². The number of carbonyl (C=O) groups excluding carboxylic acids is 1. The van der Waals surface area contributed by atoms with Crippen molar-refractivity contribution in [3.8, 4) is 11.5 Å². The van der Waals surface area contributed by atoms with Crippen LogP contribution < -0.4 is 14.8 Å². The summed E-state index contributed by atoms with van der Waals surface area (Å²) >= 11 is 3.49. The summed E-state index contributed by atoms with van der Waals surface area (Å²) in [6.45, 7) is 6.70. The second-order valence-corrected chi connectivity index (χ2v) is 5.91. The van der Waals surface area contributed by atoms with Gasteiger partial charge in [-0.05, 0) is 61.3 Å². The van der Waals surface area contributed by atoms with Crippen LogP contribution in [0.15, 0.2) is 16.6 Å². The van der Waals surface area contributed by atoms with E-state index in [0.29, 0.717) is 30.3 Å². The number of rotatable bonds is 6. The van der Waals surface area contributed by atoms with E-state index in [1.54, 1.807) is 6.07 Å². The molecule has 1 aliphatic rings. The van der Waals surface area contributed by atoms with Gasteiger partial charge < -0.3 is 14.8 Å². The van der Waals surface area contributed by atoms with Crippen LogP contribution >= 0.6 is 15.9 Å². The molecule has 2 rings (SSSR count). The van der Waals surface area contributed by atoms with E-state index in [4.69, 9.17) is 9.47 Å². The van der Waals surface area contributed by atoms with Crippen molar-refractivity contribution < 1.29 is 14.3 Å². The number of Topliss-reactive ketones (excluding diaryl/α,β-unsaturated/α-hetero) is 1. The molecule has 0 bridgehead atoms. The highest BCUT2D eigenvalue weighted by Crippen LogP contribution is 2.35. The van der Waals surface area contributed by atoms with Crippen molar-refractivity contribution in [1.29, 1.82) is 0 Å². The minimum Gasteiger partial charge on any atom is -0.490 e. The van der Waals surface area contributed by atoms with Gasteiger partial charge in [-0.25, -0.2) is 0 Å². The van der Waals surface area contributed by atoms with Crippen LogP contribution in [0, 0.1) is 5.92 Å². The average Bonchev–Trinajstić information content (AvgIpc) is 2.50. The summed E-state index contributed by atoms with van der Waals surface area (Å²) in [5.41, 5.74) is 0.676. The number of nitrogens with one attached hydrogen (secondary N) is 1. The number of carbonyl (C=O) groups is 1. The third-order valence-corrected chi connectivity index (χ3v) is 4.22. The summed E-state index contributed by atoms with van der Waals surface area (Å²) in [4.78, 5) is 12.7. The van der Waals surface area contributed by atoms with E-state index in [1.165, 1.54) is 0 Å². The molecule has 0 radical (unpaired) electrons. The van der Waals surface area contributed by atoms with Crippen LogP contribution in [0.4, 0.5) is 0 Å². The monoisotopic (exact) mass is 355 g/mol. The molecular formula is C16H22BrNO3. The van der Waals surface area contributed by atoms with E-state index >= 15 is 0 Å². The van der Waals surface area contributed by atoms with E-state index < -0.39 is 0 Å². The van der Waals surface area contributed by atoms with Gasteiger partial charge in [-0.2, -0.15) is 0 Å². The first-order valence-corrected chi connectivity index (χ1v) is 8.30. The Labute approximate surface area is 134 Å². The highest BCUT2D eigenvalue weighted by molar-refractivity contribution is 9.10. The molecule has 1 saturated heterocycles. The van der Waals surface area contributed by atoms with Gasteiger partial charge in [0.25, 0.3) is 0 Å². The zero-order valence-electron chi connectivity index (χ0n) is 12.6. The summed E-state index contributed by atoms with van der Waals surface area (Å²) in [7, 11) is 0. The molecule has 1 aromatic rings. The number of piperidine rings is 1. The summed E-state index contributed by atoms with van der Waals surface area (Å²) in [6, 6.07) is 3.63. The number of hydrogen-bond donors (Lipinski definition) is 1. The van der Waals surface area contributed by atoms with Crippen molar-refractivity contribution in [3.05, 3.63) is 22.2 Å². The van der Waals surface area contributed by atoms with Gasteiger partial charge in [0, 0.05) is 22.5 Å². The van der Waals surface area contributed by atoms with Crippen LogP contribution in [0.3, 0.4) is 0 Å². The van der Waals surface area contributed by atoms with Crippen molar-refractivity contribution in [2.24, 2.45) is 5.92 Å². The SMILES string of the molecule is CCOc1cc(Br)c(C(=O)C2CCCNC2)cc1OCC. The Kier molecular flexibility index (Phi) is 6.06. The first-order valence-electron chi connectivity index (χ1n) is 7.51. The number of benzene rings is 1. The Hall–Kier alpha value is -1.07. The fourth-order valence-electron chi connectivity index (χ4n) is 2.56. The molecule has 116 valence electrons. The maximum atomic E-state index is 12.7. The maximum absolute atomic E-state index is 12.7. The summed E-state index contributed by atoms with van der Waals surface area (Å²) in [6.07, 6.45) is 1.98. The van der Waals surface area contributed by atoms with Crippen molar-refractivity contribution in [2.75, 3.05) is 26.3 Å². The molecule has 0 amide bonds. The Bertz CT molecular complexity index is 499. The molecular weight excluding hydrogens is 334 g/mol. The molecule has 0 aromatic heterocycles. The topological polar surface area (TPSA) is 47.6 Å². The summed E-state index contributed by atoms with van der Waals surface area (Å²) in [5.74, 6) is 1.51. The van der Waals surface area contributed by atoms with E-state index in [2.05, 4.69) is 21.2 Å². The van der Waals surface area contributed by atoms with Gasteiger partial charge in [-0.15, -0.1) is 0 Å². The average molecular weight is 356 g/mol. The minimum absolute atomic E-state index is 0.0440. The second-order valence-electron chi connectivity index (χ2n) is 5.05. The summed E-state index contributed by atoms with van der Waals surface area (Å²) in [5, 5.41) is 3.28. The van der Waals surface area contributed by atoms with Gasteiger partial charge >= 0.3 is 0 Å². The Balaban J connectivity index is 2.29. The third-order valence-electron chi connectivity index (χ3n) is 3.57. The predicted octanol–water partition coefficient (Wildman–Crippen LogP) is 3.43. The lowest BCUT2D eigenvalue weighted by atomic mass is 9.91. The molecule has 1 aliphatic heterocycles. The van der Waals surface area contributed by atoms with E-state index in [9.17, 15) is 4.79 Å². The number of hydrogen-bond acceptors (Lipinski definition) is 4. The molecule has 1 aromatic carbocycles. The molecule has 0 aliphatic carbocycles. The van der Waals surface area contributed by atoms with Gasteiger partial charge in [-0.1, -0.05) is 0 Å². The zero-order chi connectivity index (χ0) is 15.2. The minimum atomic E-state index is 0.0440. The molecule has 0 saturated carbocycles. The molecule has 1 N–H and O–H groups in total. The van der Waals surface area contributed by atoms with Gasteiger partial charge in [0.05, 0.1) is 13.2 Å². The van der Waals surface area contributed by atoms with Gasteiger partial charge in [0.1, 0.15) is 0 Å². The molecule has 5 heteroatoms. The molecule has 1 heterocycles. The first-order chi connectivity index (χ1) is 10.2. The molecule has 21 heavy (non-hydrogen) atoms. The smallest absolute Gasteiger partial charge is 0.168 e. The quantitative estimate of drug-likeness (QED) is 0.794. The first kappa shape index (κ1) is 16.3. The summed E-state index contributed by atoms with van der Waals surface area (Å²) < 4.78 is 11.9. The van der Waals surface area contributed by atoms with Crippen molar-refractivity contribution in [2.45, 2.75) is 26.7 Å². The molecule has 4 nitrogen and oxygen atoms in total. The Morgan fingerprint density at radius 2 is 1.95 bits per heavy atom. The van der Waals surface area contributed by atoms with Crippen molar-refractivity contribution in [3.63, 3.8) is 0 Å². The molecule has 1 atom stereocenters. The van der Waals surface area contributed by atoms with E-state index in [1.807, 2.05) is 19.9 Å². The van der Waals surface area contributed by atoms with Crippen LogP contribution in [-0.4, -0.2) is 32.1 Å². The maximum Gasteiger partial charge on any atom is 0.168 e. The zero-order valence-corrected chi connectivity index (χ0v) is 14.2. The lowest BCUT2D eigenvalue weighted by molar-refractivity contribution is 0.0898. The normalized spacial score (nSPS) is 18.3. The standard InChI is InChI=1S/C16H22BrNO3/c1-3-20-14-8-12(13(17)9-15(14)21-4-2)16(19)11-6-5-7-18-10-11/h8-9,11,18H,3-7,10H2,1-2H3. The fourth-order valence-corrected chi connectivity index (χ4v) is 3.07. The lowest BCUT2D eigenvalue weighted by Crippen LogP contribution is -2.34. The number of ether oxygens (including phenoxy) is 2. The van der Waals surface area contributed by atoms with Crippen molar-refractivity contribution in [1.82, 2.24) is 5.32 Å². The molecule has 1 unspecified atom stereocenters. The second kappa shape index (κ2) is 7.80.